The fourth-order valence-electron chi connectivity index (χ4n) is 3.46. The number of halogens is 1. The number of hydrogen-bond donors (Lipinski definition) is 0. The van der Waals surface area contributed by atoms with Crippen molar-refractivity contribution < 1.29 is 4.79 Å². The summed E-state index contributed by atoms with van der Waals surface area (Å²) in [5.74, 6) is -0.00388. The Balaban J connectivity index is 1.69. The van der Waals surface area contributed by atoms with Gasteiger partial charge in [0.15, 0.2) is 5.16 Å². The molecule has 0 radical (unpaired) electrons. The highest BCUT2D eigenvalue weighted by atomic mass is 35.5. The van der Waals surface area contributed by atoms with Crippen LogP contribution in [0.25, 0.3) is 10.9 Å². The van der Waals surface area contributed by atoms with Crippen molar-refractivity contribution in [3.63, 3.8) is 0 Å². The second-order valence-electron chi connectivity index (χ2n) is 7.02. The number of carbonyl (C=O) groups is 1. The van der Waals surface area contributed by atoms with E-state index in [9.17, 15) is 9.59 Å². The Labute approximate surface area is 172 Å². The highest BCUT2D eigenvalue weighted by molar-refractivity contribution is 8.00. The molecule has 1 saturated heterocycles. The second-order valence-corrected chi connectivity index (χ2v) is 8.59. The average Bonchev–Trinajstić information content (AvgIpc) is 3.02. The third-order valence-corrected chi connectivity index (χ3v) is 6.38. The molecule has 0 bridgehead atoms. The van der Waals surface area contributed by atoms with E-state index in [2.05, 4.69) is 0 Å². The number of fused-ring (bicyclic) bond motifs is 1. The average molecular weight is 414 g/mol. The number of hydrogen-bond acceptors (Lipinski definition) is 4. The van der Waals surface area contributed by atoms with Crippen LogP contribution in [0.3, 0.4) is 0 Å². The van der Waals surface area contributed by atoms with Crippen LogP contribution in [-0.2, 0) is 4.79 Å². The van der Waals surface area contributed by atoms with Gasteiger partial charge < -0.3 is 4.90 Å². The predicted molar refractivity (Wildman–Crippen MR) is 114 cm³/mol. The van der Waals surface area contributed by atoms with Crippen LogP contribution in [0.15, 0.2) is 58.5 Å². The maximum Gasteiger partial charge on any atom is 0.262 e. The summed E-state index contributed by atoms with van der Waals surface area (Å²) in [5.41, 5.74) is 1.31. The molecule has 4 rings (SSSR count). The molecule has 2 aromatic carbocycles. The number of benzene rings is 2. The third kappa shape index (κ3) is 3.31. The zero-order valence-electron chi connectivity index (χ0n) is 15.6. The molecule has 1 aromatic heterocycles. The molecule has 1 fully saturated rings. The van der Waals surface area contributed by atoms with Gasteiger partial charge in [0, 0.05) is 12.6 Å². The van der Waals surface area contributed by atoms with Gasteiger partial charge in [0.05, 0.1) is 26.9 Å². The third-order valence-electron chi connectivity index (χ3n) is 4.84. The van der Waals surface area contributed by atoms with Gasteiger partial charge in [-0.3, -0.25) is 14.2 Å². The topological polar surface area (TPSA) is 55.2 Å². The molecule has 7 heteroatoms. The molecule has 0 N–H and O–H groups in total. The van der Waals surface area contributed by atoms with Crippen molar-refractivity contribution in [2.75, 3.05) is 11.4 Å². The molecule has 144 valence electrons. The first kappa shape index (κ1) is 19.0. The largest absolute Gasteiger partial charge is 0.310 e. The molecule has 1 atom stereocenters. The van der Waals surface area contributed by atoms with Crippen LogP contribution in [0.1, 0.15) is 26.3 Å². The van der Waals surface area contributed by atoms with Crippen LogP contribution < -0.4 is 10.5 Å². The molecule has 0 aliphatic carbocycles. The number of aromatic nitrogens is 2. The zero-order chi connectivity index (χ0) is 19.8. The Kier molecular flexibility index (Phi) is 5.17. The minimum Gasteiger partial charge on any atom is -0.310 e. The van der Waals surface area contributed by atoms with Crippen molar-refractivity contribution in [2.24, 2.45) is 0 Å². The van der Waals surface area contributed by atoms with Gasteiger partial charge in [-0.2, -0.15) is 0 Å². The van der Waals surface area contributed by atoms with Crippen LogP contribution in [0.4, 0.5) is 5.69 Å². The number of nitrogens with zero attached hydrogens (tertiary/aromatic N) is 3. The van der Waals surface area contributed by atoms with Crippen LogP contribution >= 0.6 is 23.4 Å². The summed E-state index contributed by atoms with van der Waals surface area (Å²) in [4.78, 5) is 32.4. The van der Waals surface area contributed by atoms with Gasteiger partial charge in [0.25, 0.3) is 5.56 Å². The number of para-hydroxylation sites is 2. The smallest absolute Gasteiger partial charge is 0.262 e. The van der Waals surface area contributed by atoms with Gasteiger partial charge >= 0.3 is 0 Å². The maximum atomic E-state index is 13.0. The molecular formula is C21H20ClN3O2S. The van der Waals surface area contributed by atoms with Crippen molar-refractivity contribution >= 4 is 45.9 Å². The van der Waals surface area contributed by atoms with Crippen molar-refractivity contribution in [3.8, 4) is 0 Å². The lowest BCUT2D eigenvalue weighted by Crippen LogP contribution is -2.30. The van der Waals surface area contributed by atoms with E-state index in [1.165, 1.54) is 11.8 Å². The molecule has 0 saturated carbocycles. The molecule has 0 spiro atoms. The summed E-state index contributed by atoms with van der Waals surface area (Å²) in [5, 5.41) is 1.44. The summed E-state index contributed by atoms with van der Waals surface area (Å²) in [6, 6.07) is 14.6. The van der Waals surface area contributed by atoms with Crippen molar-refractivity contribution in [2.45, 2.75) is 36.7 Å². The Bertz CT molecular complexity index is 1110. The van der Waals surface area contributed by atoms with Crippen molar-refractivity contribution in [1.82, 2.24) is 9.55 Å². The minimum atomic E-state index is -0.297. The molecule has 1 aliphatic heterocycles. The van der Waals surface area contributed by atoms with Crippen LogP contribution in [0.2, 0.25) is 5.02 Å². The van der Waals surface area contributed by atoms with Crippen molar-refractivity contribution in [3.05, 3.63) is 63.9 Å². The Morgan fingerprint density at radius 2 is 1.82 bits per heavy atom. The normalized spacial score (nSPS) is 17.1. The SMILES string of the molecule is CC(C)n1c(SC2CCN(c3ccccc3Cl)C2=O)nc2ccccc2c1=O. The molecule has 1 amide bonds. The quantitative estimate of drug-likeness (QED) is 0.590. The Morgan fingerprint density at radius 3 is 2.57 bits per heavy atom. The lowest BCUT2D eigenvalue weighted by atomic mass is 10.2. The van der Waals surface area contributed by atoms with E-state index in [0.717, 1.165) is 5.69 Å². The molecule has 1 unspecified atom stereocenters. The summed E-state index contributed by atoms with van der Waals surface area (Å²) in [7, 11) is 0. The lowest BCUT2D eigenvalue weighted by molar-refractivity contribution is -0.116. The highest BCUT2D eigenvalue weighted by Gasteiger charge is 2.35. The van der Waals surface area contributed by atoms with E-state index in [1.54, 1.807) is 21.6 Å². The van der Waals surface area contributed by atoms with Crippen molar-refractivity contribution in [1.29, 1.82) is 0 Å². The van der Waals surface area contributed by atoms with Crippen LogP contribution in [-0.4, -0.2) is 27.3 Å². The van der Waals surface area contributed by atoms with E-state index < -0.39 is 0 Å². The van der Waals surface area contributed by atoms with Gasteiger partial charge in [-0.1, -0.05) is 47.6 Å². The number of carbonyl (C=O) groups excluding carboxylic acids is 1. The minimum absolute atomic E-state index is 0.00388. The summed E-state index contributed by atoms with van der Waals surface area (Å²) < 4.78 is 1.68. The number of rotatable bonds is 4. The molecule has 28 heavy (non-hydrogen) atoms. The molecule has 1 aliphatic rings. The van der Waals surface area contributed by atoms with Gasteiger partial charge in [-0.15, -0.1) is 0 Å². The molecule has 2 heterocycles. The van der Waals surface area contributed by atoms with E-state index in [4.69, 9.17) is 16.6 Å². The Hall–Kier alpha value is -2.31. The van der Waals surface area contributed by atoms with Gasteiger partial charge in [-0.25, -0.2) is 4.98 Å². The summed E-state index contributed by atoms with van der Waals surface area (Å²) in [6.07, 6.45) is 0.676. The lowest BCUT2D eigenvalue weighted by Gasteiger charge is -2.19. The van der Waals surface area contributed by atoms with E-state index in [-0.39, 0.29) is 22.8 Å². The first-order valence-corrected chi connectivity index (χ1v) is 10.5. The zero-order valence-corrected chi connectivity index (χ0v) is 17.2. The summed E-state index contributed by atoms with van der Waals surface area (Å²) in [6.45, 7) is 4.50. The fraction of sp³-hybridized carbons (Fsp3) is 0.286. The predicted octanol–water partition coefficient (Wildman–Crippen LogP) is 4.53. The van der Waals surface area contributed by atoms with Crippen LogP contribution in [0.5, 0.6) is 0 Å². The first-order chi connectivity index (χ1) is 13.5. The molecular weight excluding hydrogens is 394 g/mol. The fourth-order valence-corrected chi connectivity index (χ4v) is 4.97. The summed E-state index contributed by atoms with van der Waals surface area (Å²) >= 11 is 7.64. The molecule has 3 aromatic rings. The monoisotopic (exact) mass is 413 g/mol. The first-order valence-electron chi connectivity index (χ1n) is 9.21. The highest BCUT2D eigenvalue weighted by Crippen LogP contribution is 2.35. The standard InChI is InChI=1S/C21H20ClN3O2S/c1-13(2)25-19(26)14-7-3-5-9-16(14)23-21(25)28-18-11-12-24(20(18)27)17-10-6-4-8-15(17)22/h3-10,13,18H,11-12H2,1-2H3. The molecule has 5 nitrogen and oxygen atoms in total. The maximum absolute atomic E-state index is 13.0. The number of amides is 1. The second kappa shape index (κ2) is 7.60. The van der Waals surface area contributed by atoms with Crippen LogP contribution in [0, 0.1) is 0 Å². The number of anilines is 1. The van der Waals surface area contributed by atoms with E-state index in [0.29, 0.717) is 34.0 Å². The van der Waals surface area contributed by atoms with Gasteiger partial charge in [0.2, 0.25) is 5.91 Å². The van der Waals surface area contributed by atoms with E-state index >= 15 is 0 Å². The van der Waals surface area contributed by atoms with Gasteiger partial charge in [-0.05, 0) is 44.5 Å². The van der Waals surface area contributed by atoms with E-state index in [1.807, 2.05) is 50.2 Å². The number of thioether (sulfide) groups is 1. The van der Waals surface area contributed by atoms with Gasteiger partial charge in [0.1, 0.15) is 0 Å². The Morgan fingerprint density at radius 1 is 1.11 bits per heavy atom.